The number of nitrogens with zero attached hydrogens (tertiary/aromatic N) is 1. The summed E-state index contributed by atoms with van der Waals surface area (Å²) in [6.07, 6.45) is 6.89. The van der Waals surface area contributed by atoms with Gasteiger partial charge in [-0.15, -0.1) is 0 Å². The fourth-order valence-electron chi connectivity index (χ4n) is 2.99. The van der Waals surface area contributed by atoms with Crippen molar-refractivity contribution in [3.63, 3.8) is 0 Å². The van der Waals surface area contributed by atoms with Crippen LogP contribution in [0.5, 0.6) is 0 Å². The monoisotopic (exact) mass is 244 g/mol. The molecule has 1 heterocycles. The molecular formula is C15H20N2O. The van der Waals surface area contributed by atoms with Crippen molar-refractivity contribution < 1.29 is 4.79 Å². The van der Waals surface area contributed by atoms with E-state index in [1.165, 1.54) is 25.7 Å². The molecule has 1 aliphatic carbocycles. The summed E-state index contributed by atoms with van der Waals surface area (Å²) in [7, 11) is 0. The largest absolute Gasteiger partial charge is 0.382 e. The number of amides is 1. The molecule has 1 saturated carbocycles. The number of hydrogen-bond donors (Lipinski definition) is 1. The quantitative estimate of drug-likeness (QED) is 0.885. The highest BCUT2D eigenvalue weighted by molar-refractivity contribution is 5.95. The molecule has 3 rings (SSSR count). The standard InChI is InChI=1S/C15H20N2O/c18-15-9-4-10-17(15)14-8-3-7-13(11-14)16-12-5-1-2-6-12/h3,7-8,11-12,16H,1-2,4-6,9-10H2. The van der Waals surface area contributed by atoms with E-state index in [0.717, 1.165) is 24.3 Å². The van der Waals surface area contributed by atoms with Crippen LogP contribution in [0, 0.1) is 0 Å². The van der Waals surface area contributed by atoms with Crippen molar-refractivity contribution in [2.24, 2.45) is 0 Å². The molecule has 2 fully saturated rings. The Morgan fingerprint density at radius 3 is 2.72 bits per heavy atom. The molecule has 96 valence electrons. The molecule has 1 aliphatic heterocycles. The predicted molar refractivity (Wildman–Crippen MR) is 73.9 cm³/mol. The van der Waals surface area contributed by atoms with E-state index in [2.05, 4.69) is 17.4 Å². The van der Waals surface area contributed by atoms with E-state index >= 15 is 0 Å². The van der Waals surface area contributed by atoms with Crippen molar-refractivity contribution >= 4 is 17.3 Å². The Kier molecular flexibility index (Phi) is 3.22. The SMILES string of the molecule is O=C1CCCN1c1cccc(NC2CCCC2)c1. The number of rotatable bonds is 3. The van der Waals surface area contributed by atoms with Crippen LogP contribution in [0.3, 0.4) is 0 Å². The lowest BCUT2D eigenvalue weighted by atomic mass is 10.2. The summed E-state index contributed by atoms with van der Waals surface area (Å²) in [5, 5.41) is 3.58. The van der Waals surface area contributed by atoms with Gasteiger partial charge < -0.3 is 10.2 Å². The van der Waals surface area contributed by atoms with Gasteiger partial charge in [0.2, 0.25) is 5.91 Å². The van der Waals surface area contributed by atoms with Gasteiger partial charge in [0.05, 0.1) is 0 Å². The van der Waals surface area contributed by atoms with Crippen LogP contribution < -0.4 is 10.2 Å². The van der Waals surface area contributed by atoms with Gasteiger partial charge in [0.1, 0.15) is 0 Å². The average molecular weight is 244 g/mol. The molecule has 1 amide bonds. The molecule has 2 aliphatic rings. The van der Waals surface area contributed by atoms with Gasteiger partial charge in [0.25, 0.3) is 0 Å². The lowest BCUT2D eigenvalue weighted by Crippen LogP contribution is -2.24. The zero-order chi connectivity index (χ0) is 12.4. The summed E-state index contributed by atoms with van der Waals surface area (Å²) in [5.41, 5.74) is 2.19. The molecule has 0 unspecified atom stereocenters. The third kappa shape index (κ3) is 2.35. The number of hydrogen-bond acceptors (Lipinski definition) is 2. The van der Waals surface area contributed by atoms with E-state index < -0.39 is 0 Å². The van der Waals surface area contributed by atoms with Crippen LogP contribution >= 0.6 is 0 Å². The molecule has 1 aromatic carbocycles. The molecule has 1 N–H and O–H groups in total. The van der Waals surface area contributed by atoms with Crippen LogP contribution in [0.15, 0.2) is 24.3 Å². The third-order valence-electron chi connectivity index (χ3n) is 3.96. The summed E-state index contributed by atoms with van der Waals surface area (Å²) in [6, 6.07) is 8.90. The Morgan fingerprint density at radius 1 is 1.17 bits per heavy atom. The molecule has 18 heavy (non-hydrogen) atoms. The molecule has 0 spiro atoms. The molecule has 0 radical (unpaired) electrons. The van der Waals surface area contributed by atoms with E-state index in [1.807, 2.05) is 17.0 Å². The number of nitrogens with one attached hydrogen (secondary N) is 1. The van der Waals surface area contributed by atoms with Gasteiger partial charge in [-0.3, -0.25) is 4.79 Å². The summed E-state index contributed by atoms with van der Waals surface area (Å²) < 4.78 is 0. The van der Waals surface area contributed by atoms with Crippen LogP contribution in [0.2, 0.25) is 0 Å². The van der Waals surface area contributed by atoms with Crippen molar-refractivity contribution in [2.45, 2.75) is 44.6 Å². The van der Waals surface area contributed by atoms with Gasteiger partial charge in [-0.1, -0.05) is 18.9 Å². The first-order valence-electron chi connectivity index (χ1n) is 7.00. The zero-order valence-electron chi connectivity index (χ0n) is 10.7. The second-order valence-corrected chi connectivity index (χ2v) is 5.32. The molecule has 0 atom stereocenters. The molecule has 3 nitrogen and oxygen atoms in total. The Bertz CT molecular complexity index is 438. The summed E-state index contributed by atoms with van der Waals surface area (Å²) in [4.78, 5) is 13.6. The zero-order valence-corrected chi connectivity index (χ0v) is 10.7. The lowest BCUT2D eigenvalue weighted by molar-refractivity contribution is -0.117. The van der Waals surface area contributed by atoms with Crippen LogP contribution in [0.25, 0.3) is 0 Å². The molecule has 0 aromatic heterocycles. The molecule has 0 bridgehead atoms. The highest BCUT2D eigenvalue weighted by Crippen LogP contribution is 2.27. The van der Waals surface area contributed by atoms with Gasteiger partial charge in [0, 0.05) is 30.4 Å². The van der Waals surface area contributed by atoms with E-state index in [0.29, 0.717) is 12.5 Å². The minimum Gasteiger partial charge on any atom is -0.382 e. The van der Waals surface area contributed by atoms with Crippen LogP contribution in [-0.4, -0.2) is 18.5 Å². The smallest absolute Gasteiger partial charge is 0.227 e. The Morgan fingerprint density at radius 2 is 2.00 bits per heavy atom. The first-order valence-corrected chi connectivity index (χ1v) is 7.00. The van der Waals surface area contributed by atoms with E-state index in [-0.39, 0.29) is 5.91 Å². The summed E-state index contributed by atoms with van der Waals surface area (Å²) in [6.45, 7) is 0.867. The highest BCUT2D eigenvalue weighted by Gasteiger charge is 2.22. The minimum absolute atomic E-state index is 0.257. The van der Waals surface area contributed by atoms with Gasteiger partial charge in [-0.05, 0) is 37.5 Å². The van der Waals surface area contributed by atoms with Crippen LogP contribution in [0.4, 0.5) is 11.4 Å². The lowest BCUT2D eigenvalue weighted by Gasteiger charge is -2.19. The van der Waals surface area contributed by atoms with Crippen molar-refractivity contribution in [1.29, 1.82) is 0 Å². The molecule has 1 aromatic rings. The maximum atomic E-state index is 11.7. The van der Waals surface area contributed by atoms with Gasteiger partial charge in [-0.25, -0.2) is 0 Å². The van der Waals surface area contributed by atoms with Crippen LogP contribution in [-0.2, 0) is 4.79 Å². The van der Waals surface area contributed by atoms with Crippen molar-refractivity contribution in [2.75, 3.05) is 16.8 Å². The van der Waals surface area contributed by atoms with Crippen molar-refractivity contribution in [3.05, 3.63) is 24.3 Å². The summed E-state index contributed by atoms with van der Waals surface area (Å²) >= 11 is 0. The number of benzene rings is 1. The first-order chi connectivity index (χ1) is 8.83. The predicted octanol–water partition coefficient (Wildman–Crippen LogP) is 3.17. The maximum absolute atomic E-state index is 11.7. The van der Waals surface area contributed by atoms with E-state index in [4.69, 9.17) is 0 Å². The van der Waals surface area contributed by atoms with E-state index in [1.54, 1.807) is 0 Å². The first kappa shape index (κ1) is 11.6. The summed E-state index contributed by atoms with van der Waals surface area (Å²) in [5.74, 6) is 0.257. The second-order valence-electron chi connectivity index (χ2n) is 5.32. The van der Waals surface area contributed by atoms with Crippen molar-refractivity contribution in [1.82, 2.24) is 0 Å². The fourth-order valence-corrected chi connectivity index (χ4v) is 2.99. The molecule has 1 saturated heterocycles. The number of carbonyl (C=O) groups is 1. The Hall–Kier alpha value is -1.51. The Balaban J connectivity index is 1.73. The molecular weight excluding hydrogens is 224 g/mol. The minimum atomic E-state index is 0.257. The van der Waals surface area contributed by atoms with Gasteiger partial charge in [0.15, 0.2) is 0 Å². The number of anilines is 2. The highest BCUT2D eigenvalue weighted by atomic mass is 16.2. The van der Waals surface area contributed by atoms with Crippen LogP contribution in [0.1, 0.15) is 38.5 Å². The third-order valence-corrected chi connectivity index (χ3v) is 3.96. The average Bonchev–Trinajstić information content (AvgIpc) is 3.01. The van der Waals surface area contributed by atoms with Crippen molar-refractivity contribution in [3.8, 4) is 0 Å². The van der Waals surface area contributed by atoms with E-state index in [9.17, 15) is 4.79 Å². The topological polar surface area (TPSA) is 32.3 Å². The Labute approximate surface area is 108 Å². The fraction of sp³-hybridized carbons (Fsp3) is 0.533. The van der Waals surface area contributed by atoms with Gasteiger partial charge in [-0.2, -0.15) is 0 Å². The maximum Gasteiger partial charge on any atom is 0.227 e. The number of carbonyl (C=O) groups excluding carboxylic acids is 1. The molecule has 3 heteroatoms. The van der Waals surface area contributed by atoms with Gasteiger partial charge >= 0.3 is 0 Å². The normalized spacial score (nSPS) is 20.7. The second kappa shape index (κ2) is 5.01.